The van der Waals surface area contributed by atoms with Gasteiger partial charge in [0.15, 0.2) is 6.10 Å². The number of anilines is 1. The Balaban J connectivity index is 1.56. The Bertz CT molecular complexity index is 1310. The van der Waals surface area contributed by atoms with E-state index in [1.165, 1.54) is 16.6 Å². The third-order valence-corrected chi connectivity index (χ3v) is 6.89. The molecular weight excluding hydrogens is 416 g/mol. The normalized spacial score (nSPS) is 16.9. The number of hydrogen-bond donors (Lipinski definition) is 1. The number of aryl methyl sites for hydroxylation is 1. The van der Waals surface area contributed by atoms with Gasteiger partial charge in [-0.05, 0) is 57.0 Å². The van der Waals surface area contributed by atoms with Crippen molar-refractivity contribution in [3.8, 4) is 0 Å². The van der Waals surface area contributed by atoms with E-state index < -0.39 is 22.1 Å². The van der Waals surface area contributed by atoms with Crippen molar-refractivity contribution in [2.45, 2.75) is 39.3 Å². The van der Waals surface area contributed by atoms with Crippen molar-refractivity contribution in [2.24, 2.45) is 0 Å². The molecule has 7 nitrogen and oxygen atoms in total. The summed E-state index contributed by atoms with van der Waals surface area (Å²) in [7, 11) is -3.41. The molecule has 3 aromatic rings. The second kappa shape index (κ2) is 7.53. The topological polar surface area (TPSA) is 96.5 Å². The predicted molar refractivity (Wildman–Crippen MR) is 119 cm³/mol. The lowest BCUT2D eigenvalue weighted by Gasteiger charge is -2.22. The molecule has 1 aliphatic heterocycles. The van der Waals surface area contributed by atoms with Crippen molar-refractivity contribution in [3.63, 3.8) is 0 Å². The fraction of sp³-hybridized carbons (Fsp3) is 0.304. The second-order valence-electron chi connectivity index (χ2n) is 8.04. The summed E-state index contributed by atoms with van der Waals surface area (Å²) in [6.07, 6.45) is 0.706. The minimum Gasteiger partial charge on any atom is -0.451 e. The number of carbonyl (C=O) groups excluding carboxylic acids is 2. The highest BCUT2D eigenvalue weighted by Gasteiger charge is 2.33. The number of nitrogens with zero attached hydrogens (tertiary/aromatic N) is 1. The van der Waals surface area contributed by atoms with Gasteiger partial charge in [0.05, 0.1) is 17.5 Å². The second-order valence-corrected chi connectivity index (χ2v) is 9.90. The number of carbonyl (C=O) groups is 2. The summed E-state index contributed by atoms with van der Waals surface area (Å²) in [5, 5.41) is 0.792. The van der Waals surface area contributed by atoms with Crippen molar-refractivity contribution in [1.82, 2.24) is 4.98 Å². The molecular formula is C23H24N2O5S. The molecule has 0 fully saturated rings. The monoisotopic (exact) mass is 440 g/mol. The third-order valence-electron chi connectivity index (χ3n) is 5.62. The summed E-state index contributed by atoms with van der Waals surface area (Å²) in [6, 6.07) is 12.1. The fourth-order valence-corrected chi connectivity index (χ4v) is 5.58. The highest BCUT2D eigenvalue weighted by Crippen LogP contribution is 2.35. The number of esters is 1. The van der Waals surface area contributed by atoms with Crippen molar-refractivity contribution in [1.29, 1.82) is 0 Å². The molecule has 0 radical (unpaired) electrons. The molecule has 31 heavy (non-hydrogen) atoms. The van der Waals surface area contributed by atoms with E-state index in [1.807, 2.05) is 38.1 Å². The zero-order valence-electron chi connectivity index (χ0n) is 17.8. The summed E-state index contributed by atoms with van der Waals surface area (Å²) in [4.78, 5) is 28.9. The summed E-state index contributed by atoms with van der Waals surface area (Å²) in [6.45, 7) is 5.20. The van der Waals surface area contributed by atoms with Crippen LogP contribution in [-0.4, -0.2) is 43.6 Å². The summed E-state index contributed by atoms with van der Waals surface area (Å²) >= 11 is 0. The first-order valence-corrected chi connectivity index (χ1v) is 11.9. The Labute approximate surface area is 181 Å². The Morgan fingerprint density at radius 3 is 2.61 bits per heavy atom. The van der Waals surface area contributed by atoms with Crippen LogP contribution in [0.25, 0.3) is 10.9 Å². The van der Waals surface area contributed by atoms with Gasteiger partial charge in [0, 0.05) is 28.2 Å². The van der Waals surface area contributed by atoms with Crippen LogP contribution in [0.3, 0.4) is 0 Å². The highest BCUT2D eigenvalue weighted by atomic mass is 32.2. The van der Waals surface area contributed by atoms with Crippen molar-refractivity contribution in [3.05, 3.63) is 64.8 Å². The van der Waals surface area contributed by atoms with E-state index in [1.54, 1.807) is 19.1 Å². The molecule has 0 saturated carbocycles. The van der Waals surface area contributed by atoms with Crippen LogP contribution in [0.5, 0.6) is 0 Å². The molecule has 4 rings (SSSR count). The number of para-hydroxylation sites is 1. The minimum atomic E-state index is -3.41. The molecule has 0 aliphatic carbocycles. The number of aromatic nitrogens is 1. The summed E-state index contributed by atoms with van der Waals surface area (Å²) < 4.78 is 31.0. The maximum absolute atomic E-state index is 13.0. The molecule has 2 atom stereocenters. The first kappa shape index (κ1) is 21.1. The molecule has 0 saturated heterocycles. The largest absolute Gasteiger partial charge is 0.451 e. The van der Waals surface area contributed by atoms with Gasteiger partial charge in [0.2, 0.25) is 15.8 Å². The number of ether oxygens (including phenoxy) is 1. The van der Waals surface area contributed by atoms with Crippen LogP contribution >= 0.6 is 0 Å². The number of aromatic amines is 1. The number of Topliss-reactive ketones (excluding diaryl/α,β-unsaturated/α-hetero) is 1. The highest BCUT2D eigenvalue weighted by molar-refractivity contribution is 7.92. The van der Waals surface area contributed by atoms with Gasteiger partial charge in [-0.1, -0.05) is 18.2 Å². The standard InChI is InChI=1S/C23H24N2O5S/c1-13-11-17-12-16(9-10-20(17)25(13)31(4,28)29)23(27)30-15(3)22(26)21-14(2)24-19-8-6-5-7-18(19)21/h5-10,12-13,15,24H,11H2,1-4H3/t13-,15-/m0/s1. The fourth-order valence-electron chi connectivity index (χ4n) is 4.31. The van der Waals surface area contributed by atoms with E-state index in [0.717, 1.165) is 22.2 Å². The Kier molecular flexibility index (Phi) is 5.13. The Morgan fingerprint density at radius 1 is 1.19 bits per heavy atom. The van der Waals surface area contributed by atoms with Crippen LogP contribution in [0.1, 0.15) is 45.8 Å². The van der Waals surface area contributed by atoms with Gasteiger partial charge in [0.25, 0.3) is 0 Å². The minimum absolute atomic E-state index is 0.221. The van der Waals surface area contributed by atoms with Crippen molar-refractivity contribution < 1.29 is 22.7 Å². The van der Waals surface area contributed by atoms with E-state index in [0.29, 0.717) is 17.7 Å². The van der Waals surface area contributed by atoms with Gasteiger partial charge in [-0.15, -0.1) is 0 Å². The first-order valence-electron chi connectivity index (χ1n) is 10.0. The van der Waals surface area contributed by atoms with Crippen molar-refractivity contribution >= 4 is 38.4 Å². The average molecular weight is 441 g/mol. The quantitative estimate of drug-likeness (QED) is 0.483. The smallest absolute Gasteiger partial charge is 0.338 e. The molecule has 0 spiro atoms. The molecule has 8 heteroatoms. The van der Waals surface area contributed by atoms with Crippen LogP contribution in [-0.2, 0) is 21.2 Å². The lowest BCUT2D eigenvalue weighted by atomic mass is 10.0. The number of fused-ring (bicyclic) bond motifs is 2. The maximum Gasteiger partial charge on any atom is 0.338 e. The maximum atomic E-state index is 13.0. The summed E-state index contributed by atoms with van der Waals surface area (Å²) in [5.74, 6) is -0.895. The van der Waals surface area contributed by atoms with Crippen LogP contribution in [0.2, 0.25) is 0 Å². The average Bonchev–Trinajstić information content (AvgIpc) is 3.21. The first-order chi connectivity index (χ1) is 14.6. The van der Waals surface area contributed by atoms with E-state index in [9.17, 15) is 18.0 Å². The molecule has 1 aromatic heterocycles. The van der Waals surface area contributed by atoms with Crippen LogP contribution < -0.4 is 4.31 Å². The SMILES string of the molecule is Cc1[nH]c2ccccc2c1C(=O)[C@H](C)OC(=O)c1ccc2c(c1)C[C@H](C)N2S(C)(=O)=O. The lowest BCUT2D eigenvalue weighted by molar-refractivity contribution is 0.0319. The van der Waals surface area contributed by atoms with Gasteiger partial charge in [-0.25, -0.2) is 13.2 Å². The number of hydrogen-bond acceptors (Lipinski definition) is 5. The van der Waals surface area contributed by atoms with Crippen LogP contribution in [0.15, 0.2) is 42.5 Å². The number of ketones is 1. The Morgan fingerprint density at radius 2 is 1.90 bits per heavy atom. The van der Waals surface area contributed by atoms with Gasteiger partial charge < -0.3 is 9.72 Å². The molecule has 2 heterocycles. The molecule has 1 N–H and O–H groups in total. The van der Waals surface area contributed by atoms with E-state index in [2.05, 4.69) is 4.98 Å². The molecule has 0 unspecified atom stereocenters. The van der Waals surface area contributed by atoms with Gasteiger partial charge in [-0.2, -0.15) is 0 Å². The number of benzene rings is 2. The number of nitrogens with one attached hydrogen (secondary N) is 1. The molecule has 1 aliphatic rings. The predicted octanol–water partition coefficient (Wildman–Crippen LogP) is 3.62. The molecule has 2 aromatic carbocycles. The zero-order valence-corrected chi connectivity index (χ0v) is 18.6. The van der Waals surface area contributed by atoms with E-state index >= 15 is 0 Å². The molecule has 162 valence electrons. The number of sulfonamides is 1. The molecule has 0 amide bonds. The number of H-pyrrole nitrogens is 1. The van der Waals surface area contributed by atoms with Crippen LogP contribution in [0.4, 0.5) is 5.69 Å². The van der Waals surface area contributed by atoms with Crippen molar-refractivity contribution in [2.75, 3.05) is 10.6 Å². The van der Waals surface area contributed by atoms with Gasteiger partial charge in [-0.3, -0.25) is 9.10 Å². The van der Waals surface area contributed by atoms with E-state index in [-0.39, 0.29) is 17.4 Å². The molecule has 0 bridgehead atoms. The van der Waals surface area contributed by atoms with Gasteiger partial charge in [0.1, 0.15) is 0 Å². The Hall–Kier alpha value is -3.13. The van der Waals surface area contributed by atoms with E-state index in [4.69, 9.17) is 4.74 Å². The zero-order chi connectivity index (χ0) is 22.5. The summed E-state index contributed by atoms with van der Waals surface area (Å²) in [5.41, 5.74) is 3.72. The van der Waals surface area contributed by atoms with Crippen LogP contribution in [0, 0.1) is 6.92 Å². The third kappa shape index (κ3) is 3.72. The van der Waals surface area contributed by atoms with Gasteiger partial charge >= 0.3 is 5.97 Å². The lowest BCUT2D eigenvalue weighted by Crippen LogP contribution is -2.34. The number of rotatable bonds is 5.